The van der Waals surface area contributed by atoms with Gasteiger partial charge in [0.15, 0.2) is 0 Å². The lowest BCUT2D eigenvalue weighted by molar-refractivity contribution is 0.156. The number of halogens is 2. The first-order valence-corrected chi connectivity index (χ1v) is 7.13. The van der Waals surface area contributed by atoms with Crippen molar-refractivity contribution in [1.29, 1.82) is 0 Å². The third-order valence-electron chi connectivity index (χ3n) is 3.16. The predicted molar refractivity (Wildman–Crippen MR) is 85.5 cm³/mol. The minimum absolute atomic E-state index is 0. The third kappa shape index (κ3) is 5.06. The van der Waals surface area contributed by atoms with Crippen molar-refractivity contribution in [2.24, 2.45) is 5.92 Å². The first kappa shape index (κ1) is 18.2. The molecule has 0 bridgehead atoms. The average molecular weight is 311 g/mol. The molecule has 1 N–H and O–H groups in total. The van der Waals surface area contributed by atoms with Gasteiger partial charge in [-0.2, -0.15) is 0 Å². The first-order valence-electron chi connectivity index (χ1n) is 6.25. The van der Waals surface area contributed by atoms with Gasteiger partial charge in [0, 0.05) is 37.1 Å². The highest BCUT2D eigenvalue weighted by molar-refractivity contribution is 7.10. The van der Waals surface area contributed by atoms with Gasteiger partial charge in [-0.3, -0.25) is 4.90 Å². The Hall–Kier alpha value is 0.200. The third-order valence-corrected chi connectivity index (χ3v) is 4.13. The Morgan fingerprint density at radius 2 is 1.94 bits per heavy atom. The SMILES string of the molecule is CC(C)C[C@H](c1cccs1)N1CCNCC1.Cl.Cl. The van der Waals surface area contributed by atoms with E-state index in [0.29, 0.717) is 6.04 Å². The van der Waals surface area contributed by atoms with Gasteiger partial charge in [-0.1, -0.05) is 19.9 Å². The Bertz CT molecular complexity index is 298. The minimum Gasteiger partial charge on any atom is -0.314 e. The first-order chi connectivity index (χ1) is 7.77. The van der Waals surface area contributed by atoms with Gasteiger partial charge < -0.3 is 5.32 Å². The van der Waals surface area contributed by atoms with Crippen LogP contribution in [0.25, 0.3) is 0 Å². The van der Waals surface area contributed by atoms with Crippen LogP contribution in [-0.2, 0) is 0 Å². The summed E-state index contributed by atoms with van der Waals surface area (Å²) in [6.07, 6.45) is 1.28. The monoisotopic (exact) mass is 310 g/mol. The second-order valence-electron chi connectivity index (χ2n) is 4.95. The Balaban J connectivity index is 0.00000144. The number of hydrogen-bond donors (Lipinski definition) is 1. The molecule has 0 amide bonds. The molecule has 2 heterocycles. The largest absolute Gasteiger partial charge is 0.314 e. The van der Waals surface area contributed by atoms with Gasteiger partial charge >= 0.3 is 0 Å². The molecule has 1 aliphatic heterocycles. The van der Waals surface area contributed by atoms with Gasteiger partial charge in [-0.25, -0.2) is 0 Å². The van der Waals surface area contributed by atoms with Gasteiger partial charge in [-0.05, 0) is 23.8 Å². The highest BCUT2D eigenvalue weighted by atomic mass is 35.5. The lowest BCUT2D eigenvalue weighted by atomic mass is 10.0. The topological polar surface area (TPSA) is 15.3 Å². The summed E-state index contributed by atoms with van der Waals surface area (Å²) in [6.45, 7) is 9.30. The number of thiophene rings is 1. The van der Waals surface area contributed by atoms with E-state index in [0.717, 1.165) is 19.0 Å². The predicted octanol–water partition coefficient (Wildman–Crippen LogP) is 3.58. The van der Waals surface area contributed by atoms with E-state index < -0.39 is 0 Å². The lowest BCUT2D eigenvalue weighted by Crippen LogP contribution is -2.45. The molecule has 0 unspecified atom stereocenters. The molecule has 1 saturated heterocycles. The summed E-state index contributed by atoms with van der Waals surface area (Å²) >= 11 is 1.90. The number of rotatable bonds is 4. The van der Waals surface area contributed by atoms with Crippen LogP contribution in [0.5, 0.6) is 0 Å². The van der Waals surface area contributed by atoms with Crippen LogP contribution in [0.1, 0.15) is 31.2 Å². The second-order valence-corrected chi connectivity index (χ2v) is 5.93. The Morgan fingerprint density at radius 1 is 1.28 bits per heavy atom. The summed E-state index contributed by atoms with van der Waals surface area (Å²) < 4.78 is 0. The van der Waals surface area contributed by atoms with Crippen LogP contribution < -0.4 is 5.32 Å². The van der Waals surface area contributed by atoms with Crippen LogP contribution in [0, 0.1) is 5.92 Å². The summed E-state index contributed by atoms with van der Waals surface area (Å²) in [7, 11) is 0. The van der Waals surface area contributed by atoms with E-state index in [1.54, 1.807) is 0 Å². The van der Waals surface area contributed by atoms with E-state index in [1.165, 1.54) is 24.4 Å². The van der Waals surface area contributed by atoms with Crippen LogP contribution in [-0.4, -0.2) is 31.1 Å². The van der Waals surface area contributed by atoms with Crippen molar-refractivity contribution in [2.75, 3.05) is 26.2 Å². The standard InChI is InChI=1S/C13H22N2S.2ClH/c1-11(2)10-12(13-4-3-9-16-13)15-7-5-14-6-8-15;;/h3-4,9,11-12,14H,5-8,10H2,1-2H3;2*1H/t12-;;/m1../s1. The van der Waals surface area contributed by atoms with Crippen LogP contribution >= 0.6 is 36.2 Å². The fraction of sp³-hybridized carbons (Fsp3) is 0.692. The molecule has 0 aromatic carbocycles. The Labute approximate surface area is 127 Å². The summed E-state index contributed by atoms with van der Waals surface area (Å²) in [4.78, 5) is 4.18. The van der Waals surface area contributed by atoms with Crippen LogP contribution in [0.4, 0.5) is 0 Å². The smallest absolute Gasteiger partial charge is 0.0445 e. The van der Waals surface area contributed by atoms with Gasteiger partial charge in [0.2, 0.25) is 0 Å². The molecule has 2 nitrogen and oxygen atoms in total. The summed E-state index contributed by atoms with van der Waals surface area (Å²) in [5.41, 5.74) is 0. The molecule has 0 spiro atoms. The van der Waals surface area contributed by atoms with Gasteiger partial charge in [0.1, 0.15) is 0 Å². The van der Waals surface area contributed by atoms with E-state index >= 15 is 0 Å². The molecule has 1 aliphatic rings. The fourth-order valence-electron chi connectivity index (χ4n) is 2.37. The Morgan fingerprint density at radius 3 is 2.44 bits per heavy atom. The maximum absolute atomic E-state index is 3.43. The van der Waals surface area contributed by atoms with Crippen molar-refractivity contribution < 1.29 is 0 Å². The average Bonchev–Trinajstić information content (AvgIpc) is 2.80. The lowest BCUT2D eigenvalue weighted by Gasteiger charge is -2.35. The van der Waals surface area contributed by atoms with Crippen LogP contribution in [0.15, 0.2) is 17.5 Å². The molecule has 0 radical (unpaired) electrons. The fourth-order valence-corrected chi connectivity index (χ4v) is 3.24. The molecule has 18 heavy (non-hydrogen) atoms. The maximum atomic E-state index is 3.43. The molecule has 0 saturated carbocycles. The molecule has 1 aromatic rings. The van der Waals surface area contributed by atoms with Crippen molar-refractivity contribution in [1.82, 2.24) is 10.2 Å². The molecule has 1 atom stereocenters. The summed E-state index contributed by atoms with van der Waals surface area (Å²) in [5.74, 6) is 0.766. The summed E-state index contributed by atoms with van der Waals surface area (Å²) in [6, 6.07) is 5.11. The highest BCUT2D eigenvalue weighted by Gasteiger charge is 2.23. The zero-order valence-electron chi connectivity index (χ0n) is 11.1. The van der Waals surface area contributed by atoms with Gasteiger partial charge in [0.25, 0.3) is 0 Å². The zero-order valence-corrected chi connectivity index (χ0v) is 13.5. The van der Waals surface area contributed by atoms with Crippen molar-refractivity contribution in [3.8, 4) is 0 Å². The zero-order chi connectivity index (χ0) is 11.4. The quantitative estimate of drug-likeness (QED) is 0.914. The second kappa shape index (κ2) is 9.16. The number of nitrogens with zero attached hydrogens (tertiary/aromatic N) is 1. The molecular formula is C13H24Cl2N2S. The van der Waals surface area contributed by atoms with Crippen LogP contribution in [0.2, 0.25) is 0 Å². The van der Waals surface area contributed by atoms with Gasteiger partial charge in [-0.15, -0.1) is 36.2 Å². The normalized spacial score (nSPS) is 17.9. The van der Waals surface area contributed by atoms with E-state index in [1.807, 2.05) is 11.3 Å². The van der Waals surface area contributed by atoms with E-state index in [9.17, 15) is 0 Å². The van der Waals surface area contributed by atoms with Crippen molar-refractivity contribution >= 4 is 36.2 Å². The molecule has 5 heteroatoms. The number of nitrogens with one attached hydrogen (secondary N) is 1. The minimum atomic E-state index is 0. The molecule has 0 aliphatic carbocycles. The molecular weight excluding hydrogens is 287 g/mol. The highest BCUT2D eigenvalue weighted by Crippen LogP contribution is 2.30. The van der Waals surface area contributed by atoms with Crippen LogP contribution in [0.3, 0.4) is 0 Å². The van der Waals surface area contributed by atoms with Gasteiger partial charge in [0.05, 0.1) is 0 Å². The van der Waals surface area contributed by atoms with Crippen molar-refractivity contribution in [2.45, 2.75) is 26.3 Å². The number of hydrogen-bond acceptors (Lipinski definition) is 3. The Kier molecular flexibility index (Phi) is 9.26. The molecule has 1 aromatic heterocycles. The van der Waals surface area contributed by atoms with E-state index in [2.05, 4.69) is 41.6 Å². The molecule has 1 fully saturated rings. The summed E-state index contributed by atoms with van der Waals surface area (Å²) in [5, 5.41) is 5.63. The van der Waals surface area contributed by atoms with E-state index in [4.69, 9.17) is 0 Å². The molecule has 2 rings (SSSR count). The number of piperazine rings is 1. The van der Waals surface area contributed by atoms with Crippen molar-refractivity contribution in [3.05, 3.63) is 22.4 Å². The maximum Gasteiger partial charge on any atom is 0.0445 e. The molecule has 106 valence electrons. The van der Waals surface area contributed by atoms with E-state index in [-0.39, 0.29) is 24.8 Å². The van der Waals surface area contributed by atoms with Crippen molar-refractivity contribution in [3.63, 3.8) is 0 Å².